The van der Waals surface area contributed by atoms with Crippen LogP contribution in [0.4, 0.5) is 0 Å². The zero-order chi connectivity index (χ0) is 17.3. The lowest BCUT2D eigenvalue weighted by molar-refractivity contribution is -0.157. The van der Waals surface area contributed by atoms with Crippen LogP contribution in [0.3, 0.4) is 0 Å². The van der Waals surface area contributed by atoms with Gasteiger partial charge in [0.25, 0.3) is 0 Å². The molecule has 3 saturated carbocycles. The minimum absolute atomic E-state index is 0.00574. The normalized spacial score (nSPS) is 47.5. The van der Waals surface area contributed by atoms with Gasteiger partial charge in [-0.3, -0.25) is 14.4 Å². The van der Waals surface area contributed by atoms with Crippen LogP contribution in [0.5, 0.6) is 0 Å². The van der Waals surface area contributed by atoms with Crippen molar-refractivity contribution in [2.75, 3.05) is 0 Å². The van der Waals surface area contributed by atoms with Crippen LogP contribution in [0.2, 0.25) is 0 Å². The van der Waals surface area contributed by atoms with Gasteiger partial charge >= 0.3 is 0 Å². The van der Waals surface area contributed by atoms with E-state index in [9.17, 15) is 14.4 Å². The fraction of sp³-hybridized carbons (Fsp3) is 0.762. The van der Waals surface area contributed by atoms with Crippen molar-refractivity contribution in [3.8, 4) is 0 Å². The molecule has 0 spiro atoms. The first-order chi connectivity index (χ1) is 11.3. The number of allylic oxidation sites excluding steroid dienone is 2. The maximum atomic E-state index is 13.3. The molecule has 130 valence electrons. The van der Waals surface area contributed by atoms with Crippen molar-refractivity contribution in [1.82, 2.24) is 0 Å². The largest absolute Gasteiger partial charge is 0.300 e. The lowest BCUT2D eigenvalue weighted by Gasteiger charge is -2.58. The fourth-order valence-corrected chi connectivity index (χ4v) is 6.98. The molecule has 24 heavy (non-hydrogen) atoms. The van der Waals surface area contributed by atoms with Crippen LogP contribution in [-0.2, 0) is 14.4 Å². The van der Waals surface area contributed by atoms with E-state index in [2.05, 4.69) is 19.9 Å². The predicted molar refractivity (Wildman–Crippen MR) is 91.3 cm³/mol. The summed E-state index contributed by atoms with van der Waals surface area (Å²) in [6.45, 7) is 6.06. The first-order valence-corrected chi connectivity index (χ1v) is 9.53. The van der Waals surface area contributed by atoms with Crippen LogP contribution in [0.1, 0.15) is 65.7 Å². The highest BCUT2D eigenvalue weighted by Gasteiger charge is 2.62. The van der Waals surface area contributed by atoms with Gasteiger partial charge in [-0.25, -0.2) is 0 Å². The highest BCUT2D eigenvalue weighted by Crippen LogP contribution is 2.65. The monoisotopic (exact) mass is 328 g/mol. The molecule has 4 rings (SSSR count). The van der Waals surface area contributed by atoms with Crippen molar-refractivity contribution < 1.29 is 14.4 Å². The standard InChI is InChI=1S/C21H28O3/c1-12(22)16-6-7-17-15-5-4-13-10-14(23)8-9-20(13,2)19(15)18(24)11-21(16,17)3/h6,13,15,17,19H,4-5,7-11H2,1-3H3/t13?,15-,17-,19+,20-,21+/m0/s1. The summed E-state index contributed by atoms with van der Waals surface area (Å²) in [5.41, 5.74) is 0.636. The molecule has 3 nitrogen and oxygen atoms in total. The third kappa shape index (κ3) is 1.99. The third-order valence-electron chi connectivity index (χ3n) is 8.13. The molecular formula is C21H28O3. The second-order valence-electron chi connectivity index (χ2n) is 9.24. The van der Waals surface area contributed by atoms with Gasteiger partial charge in [0, 0.05) is 30.6 Å². The Morgan fingerprint density at radius 2 is 1.96 bits per heavy atom. The molecule has 4 aliphatic rings. The van der Waals surface area contributed by atoms with E-state index in [-0.39, 0.29) is 22.5 Å². The van der Waals surface area contributed by atoms with Crippen molar-refractivity contribution in [3.63, 3.8) is 0 Å². The number of Topliss-reactive ketones (excluding diaryl/α,β-unsaturated/α-hetero) is 3. The summed E-state index contributed by atoms with van der Waals surface area (Å²) in [5.74, 6) is 2.17. The summed E-state index contributed by atoms with van der Waals surface area (Å²) in [6, 6.07) is 0. The Morgan fingerprint density at radius 1 is 1.21 bits per heavy atom. The molecular weight excluding hydrogens is 300 g/mol. The predicted octanol–water partition coefficient (Wildman–Crippen LogP) is 3.90. The van der Waals surface area contributed by atoms with Crippen LogP contribution in [0.15, 0.2) is 11.6 Å². The summed E-state index contributed by atoms with van der Waals surface area (Å²) in [7, 11) is 0. The molecule has 6 atom stereocenters. The van der Waals surface area contributed by atoms with Gasteiger partial charge in [0.1, 0.15) is 11.6 Å². The first-order valence-electron chi connectivity index (χ1n) is 9.53. The number of fused-ring (bicyclic) bond motifs is 5. The lowest BCUT2D eigenvalue weighted by atomic mass is 9.44. The molecule has 0 aromatic carbocycles. The molecule has 4 aliphatic carbocycles. The Balaban J connectivity index is 1.70. The Morgan fingerprint density at radius 3 is 2.67 bits per heavy atom. The van der Waals surface area contributed by atoms with Gasteiger partial charge in [0.2, 0.25) is 0 Å². The number of hydrogen-bond donors (Lipinski definition) is 0. The van der Waals surface area contributed by atoms with Gasteiger partial charge in [0.15, 0.2) is 5.78 Å². The quantitative estimate of drug-likeness (QED) is 0.733. The van der Waals surface area contributed by atoms with Crippen LogP contribution in [0, 0.1) is 34.5 Å². The van der Waals surface area contributed by atoms with Gasteiger partial charge in [-0.2, -0.15) is 0 Å². The van der Waals surface area contributed by atoms with E-state index in [4.69, 9.17) is 0 Å². The van der Waals surface area contributed by atoms with Gasteiger partial charge in [-0.1, -0.05) is 19.9 Å². The lowest BCUT2D eigenvalue weighted by Crippen LogP contribution is -2.57. The highest BCUT2D eigenvalue weighted by atomic mass is 16.1. The maximum absolute atomic E-state index is 13.3. The summed E-state index contributed by atoms with van der Waals surface area (Å²) in [6.07, 6.45) is 7.87. The molecule has 0 radical (unpaired) electrons. The summed E-state index contributed by atoms with van der Waals surface area (Å²) in [5, 5.41) is 0. The Bertz CT molecular complexity index is 660. The Hall–Kier alpha value is -1.25. The molecule has 0 N–H and O–H groups in total. The second-order valence-corrected chi connectivity index (χ2v) is 9.24. The van der Waals surface area contributed by atoms with E-state index in [1.807, 2.05) is 0 Å². The average Bonchev–Trinajstić information content (AvgIpc) is 2.84. The van der Waals surface area contributed by atoms with Crippen molar-refractivity contribution >= 4 is 17.3 Å². The third-order valence-corrected chi connectivity index (χ3v) is 8.13. The number of rotatable bonds is 1. The molecule has 0 aromatic heterocycles. The number of carbonyl (C=O) groups is 3. The number of hydrogen-bond acceptors (Lipinski definition) is 3. The van der Waals surface area contributed by atoms with E-state index >= 15 is 0 Å². The van der Waals surface area contributed by atoms with Gasteiger partial charge in [-0.05, 0) is 61.3 Å². The van der Waals surface area contributed by atoms with Crippen LogP contribution in [-0.4, -0.2) is 17.3 Å². The number of ketones is 3. The van der Waals surface area contributed by atoms with Gasteiger partial charge in [0.05, 0.1) is 0 Å². The van der Waals surface area contributed by atoms with Crippen molar-refractivity contribution in [2.24, 2.45) is 34.5 Å². The fourth-order valence-electron chi connectivity index (χ4n) is 6.98. The number of carbonyl (C=O) groups excluding carboxylic acids is 3. The van der Waals surface area contributed by atoms with E-state index in [1.165, 1.54) is 0 Å². The molecule has 1 unspecified atom stereocenters. The molecule has 0 heterocycles. The topological polar surface area (TPSA) is 51.2 Å². The Labute approximate surface area is 144 Å². The van der Waals surface area contributed by atoms with Crippen LogP contribution < -0.4 is 0 Å². The van der Waals surface area contributed by atoms with E-state index < -0.39 is 0 Å². The van der Waals surface area contributed by atoms with Crippen molar-refractivity contribution in [3.05, 3.63) is 11.6 Å². The molecule has 0 aromatic rings. The average molecular weight is 328 g/mol. The van der Waals surface area contributed by atoms with Crippen LogP contribution in [0.25, 0.3) is 0 Å². The SMILES string of the molecule is CC(=O)C1=CC[C@H]2[C@@H]3CCC4CC(=O)CC[C@]4(C)[C@H]3C(=O)C[C@]12C. The molecule has 0 bridgehead atoms. The molecule has 0 amide bonds. The van der Waals surface area contributed by atoms with E-state index in [0.717, 1.165) is 31.3 Å². The Kier molecular flexibility index (Phi) is 3.47. The summed E-state index contributed by atoms with van der Waals surface area (Å²) < 4.78 is 0. The van der Waals surface area contributed by atoms with Crippen LogP contribution >= 0.6 is 0 Å². The second kappa shape index (κ2) is 5.12. The molecule has 3 heteroatoms. The molecule has 0 aliphatic heterocycles. The van der Waals surface area contributed by atoms with Gasteiger partial charge < -0.3 is 0 Å². The zero-order valence-corrected chi connectivity index (χ0v) is 15.1. The van der Waals surface area contributed by atoms with Crippen molar-refractivity contribution in [2.45, 2.75) is 65.7 Å². The van der Waals surface area contributed by atoms with Gasteiger partial charge in [-0.15, -0.1) is 0 Å². The maximum Gasteiger partial charge on any atom is 0.156 e. The smallest absolute Gasteiger partial charge is 0.156 e. The highest BCUT2D eigenvalue weighted by molar-refractivity contribution is 5.97. The first kappa shape index (κ1) is 16.2. The molecule has 0 saturated heterocycles. The van der Waals surface area contributed by atoms with Crippen molar-refractivity contribution in [1.29, 1.82) is 0 Å². The summed E-state index contributed by atoms with van der Waals surface area (Å²) >= 11 is 0. The zero-order valence-electron chi connectivity index (χ0n) is 15.1. The molecule has 3 fully saturated rings. The minimum Gasteiger partial charge on any atom is -0.300 e. The van der Waals surface area contributed by atoms with E-state index in [1.54, 1.807) is 6.92 Å². The summed E-state index contributed by atoms with van der Waals surface area (Å²) in [4.78, 5) is 37.3. The van der Waals surface area contributed by atoms with E-state index in [0.29, 0.717) is 48.6 Å². The minimum atomic E-state index is -0.252.